The van der Waals surface area contributed by atoms with Crippen molar-refractivity contribution >= 4 is 11.6 Å². The SMILES string of the molecule is COc1cc(Cc2nc(C)cc(Oc3ccc(Cl)cc3)n2)ccc1-n1cnc(C)c1. The molecule has 0 saturated heterocycles. The molecule has 4 aromatic rings. The zero-order valence-electron chi connectivity index (χ0n) is 17.0. The summed E-state index contributed by atoms with van der Waals surface area (Å²) in [6.45, 7) is 3.88. The highest BCUT2D eigenvalue weighted by Crippen LogP contribution is 2.26. The Kier molecular flexibility index (Phi) is 5.68. The number of rotatable bonds is 6. The monoisotopic (exact) mass is 420 g/mol. The first kappa shape index (κ1) is 19.9. The zero-order chi connectivity index (χ0) is 21.1. The lowest BCUT2D eigenvalue weighted by Crippen LogP contribution is -2.02. The molecule has 0 aliphatic carbocycles. The number of aromatic nitrogens is 4. The molecule has 0 saturated carbocycles. The van der Waals surface area contributed by atoms with Crippen LogP contribution >= 0.6 is 11.6 Å². The summed E-state index contributed by atoms with van der Waals surface area (Å²) in [6, 6.07) is 15.0. The Morgan fingerprint density at radius 1 is 0.967 bits per heavy atom. The summed E-state index contributed by atoms with van der Waals surface area (Å²) in [5.41, 5.74) is 3.75. The van der Waals surface area contributed by atoms with Gasteiger partial charge in [-0.25, -0.2) is 9.97 Å². The van der Waals surface area contributed by atoms with Gasteiger partial charge in [-0.15, -0.1) is 0 Å². The summed E-state index contributed by atoms with van der Waals surface area (Å²) in [4.78, 5) is 13.4. The molecule has 0 unspecified atom stereocenters. The van der Waals surface area contributed by atoms with E-state index in [1.165, 1.54) is 0 Å². The molecule has 4 rings (SSSR count). The second-order valence-electron chi connectivity index (χ2n) is 6.93. The van der Waals surface area contributed by atoms with Crippen molar-refractivity contribution in [2.45, 2.75) is 20.3 Å². The van der Waals surface area contributed by atoms with Gasteiger partial charge in [0, 0.05) is 29.4 Å². The van der Waals surface area contributed by atoms with Crippen molar-refractivity contribution in [2.75, 3.05) is 7.11 Å². The molecular weight excluding hydrogens is 400 g/mol. The van der Waals surface area contributed by atoms with Gasteiger partial charge in [-0.05, 0) is 55.8 Å². The molecule has 2 aromatic carbocycles. The van der Waals surface area contributed by atoms with Crippen LogP contribution in [-0.4, -0.2) is 26.6 Å². The maximum absolute atomic E-state index is 5.94. The Morgan fingerprint density at radius 2 is 1.77 bits per heavy atom. The normalized spacial score (nSPS) is 10.8. The number of imidazole rings is 1. The summed E-state index contributed by atoms with van der Waals surface area (Å²) in [7, 11) is 1.66. The third-order valence-corrected chi connectivity index (χ3v) is 4.76. The molecule has 0 aliphatic heterocycles. The predicted molar refractivity (Wildman–Crippen MR) is 116 cm³/mol. The Hall–Kier alpha value is -3.38. The average Bonchev–Trinajstić information content (AvgIpc) is 3.15. The highest BCUT2D eigenvalue weighted by Gasteiger charge is 2.10. The zero-order valence-corrected chi connectivity index (χ0v) is 17.7. The molecule has 2 aromatic heterocycles. The van der Waals surface area contributed by atoms with Crippen LogP contribution in [0, 0.1) is 13.8 Å². The first-order valence-electron chi connectivity index (χ1n) is 9.46. The molecule has 0 spiro atoms. The van der Waals surface area contributed by atoms with Crippen LogP contribution in [0.3, 0.4) is 0 Å². The molecule has 6 nitrogen and oxygen atoms in total. The van der Waals surface area contributed by atoms with Crippen LogP contribution in [0.15, 0.2) is 61.1 Å². The van der Waals surface area contributed by atoms with Crippen molar-refractivity contribution < 1.29 is 9.47 Å². The van der Waals surface area contributed by atoms with E-state index in [-0.39, 0.29) is 0 Å². The van der Waals surface area contributed by atoms with Gasteiger partial charge < -0.3 is 14.0 Å². The Labute approximate surface area is 180 Å². The number of halogens is 1. The molecular formula is C23H21ClN4O2. The van der Waals surface area contributed by atoms with Crippen molar-refractivity contribution in [1.29, 1.82) is 0 Å². The number of methoxy groups -OCH3 is 1. The molecule has 0 aliphatic rings. The minimum Gasteiger partial charge on any atom is -0.495 e. The third kappa shape index (κ3) is 4.60. The largest absolute Gasteiger partial charge is 0.495 e. The highest BCUT2D eigenvalue weighted by molar-refractivity contribution is 6.30. The molecule has 0 radical (unpaired) electrons. The van der Waals surface area contributed by atoms with E-state index >= 15 is 0 Å². The fourth-order valence-corrected chi connectivity index (χ4v) is 3.26. The van der Waals surface area contributed by atoms with Crippen LogP contribution < -0.4 is 9.47 Å². The highest BCUT2D eigenvalue weighted by atomic mass is 35.5. The van der Waals surface area contributed by atoms with Gasteiger partial charge in [-0.1, -0.05) is 17.7 Å². The van der Waals surface area contributed by atoms with Gasteiger partial charge in [-0.2, -0.15) is 4.98 Å². The van der Waals surface area contributed by atoms with E-state index in [4.69, 9.17) is 21.1 Å². The average molecular weight is 421 g/mol. The van der Waals surface area contributed by atoms with Crippen LogP contribution in [0.5, 0.6) is 17.4 Å². The fraction of sp³-hybridized carbons (Fsp3) is 0.174. The summed E-state index contributed by atoms with van der Waals surface area (Å²) < 4.78 is 13.4. The van der Waals surface area contributed by atoms with Crippen LogP contribution in [-0.2, 0) is 6.42 Å². The number of hydrogen-bond donors (Lipinski definition) is 0. The Balaban J connectivity index is 1.57. The van der Waals surface area contributed by atoms with E-state index in [2.05, 4.69) is 15.0 Å². The van der Waals surface area contributed by atoms with Gasteiger partial charge >= 0.3 is 0 Å². The maximum atomic E-state index is 5.94. The number of ether oxygens (including phenoxy) is 2. The van der Waals surface area contributed by atoms with Gasteiger partial charge in [0.1, 0.15) is 17.3 Å². The van der Waals surface area contributed by atoms with E-state index in [9.17, 15) is 0 Å². The van der Waals surface area contributed by atoms with Crippen molar-refractivity contribution in [2.24, 2.45) is 0 Å². The second-order valence-corrected chi connectivity index (χ2v) is 7.36. The topological polar surface area (TPSA) is 62.1 Å². The summed E-state index contributed by atoms with van der Waals surface area (Å²) in [5.74, 6) is 2.60. The van der Waals surface area contributed by atoms with Gasteiger partial charge in [0.15, 0.2) is 0 Å². The van der Waals surface area contributed by atoms with E-state index in [0.717, 1.165) is 28.4 Å². The lowest BCUT2D eigenvalue weighted by molar-refractivity contribution is 0.412. The van der Waals surface area contributed by atoms with Crippen LogP contribution in [0.4, 0.5) is 0 Å². The Bertz CT molecular complexity index is 1170. The lowest BCUT2D eigenvalue weighted by Gasteiger charge is -2.12. The number of nitrogens with zero attached hydrogens (tertiary/aromatic N) is 4. The van der Waals surface area contributed by atoms with Gasteiger partial charge in [0.05, 0.1) is 24.8 Å². The first-order chi connectivity index (χ1) is 14.5. The predicted octanol–water partition coefficient (Wildman–Crippen LogP) is 5.32. The van der Waals surface area contributed by atoms with Crippen LogP contribution in [0.2, 0.25) is 5.02 Å². The summed E-state index contributed by atoms with van der Waals surface area (Å²) in [5, 5.41) is 0.658. The number of aryl methyl sites for hydroxylation is 2. The molecule has 7 heteroatoms. The molecule has 0 atom stereocenters. The Morgan fingerprint density at radius 3 is 2.47 bits per heavy atom. The van der Waals surface area contributed by atoms with E-state index < -0.39 is 0 Å². The minimum atomic E-state index is 0.497. The molecule has 0 N–H and O–H groups in total. The summed E-state index contributed by atoms with van der Waals surface area (Å²) >= 11 is 5.94. The second kappa shape index (κ2) is 8.55. The smallest absolute Gasteiger partial charge is 0.222 e. The van der Waals surface area contributed by atoms with Crippen molar-refractivity contribution in [3.05, 3.63) is 88.9 Å². The van der Waals surface area contributed by atoms with Gasteiger partial charge in [0.2, 0.25) is 5.88 Å². The number of hydrogen-bond acceptors (Lipinski definition) is 5. The van der Waals surface area contributed by atoms with E-state index in [1.807, 2.05) is 48.9 Å². The third-order valence-electron chi connectivity index (χ3n) is 4.51. The van der Waals surface area contributed by atoms with Crippen molar-refractivity contribution in [3.63, 3.8) is 0 Å². The van der Waals surface area contributed by atoms with E-state index in [0.29, 0.717) is 28.9 Å². The molecule has 0 amide bonds. The van der Waals surface area contributed by atoms with Crippen LogP contribution in [0.1, 0.15) is 22.8 Å². The quantitative estimate of drug-likeness (QED) is 0.422. The maximum Gasteiger partial charge on any atom is 0.222 e. The molecule has 0 fully saturated rings. The van der Waals surface area contributed by atoms with Gasteiger partial charge in [0.25, 0.3) is 0 Å². The fourth-order valence-electron chi connectivity index (χ4n) is 3.13. The van der Waals surface area contributed by atoms with E-state index in [1.54, 1.807) is 37.7 Å². The van der Waals surface area contributed by atoms with Gasteiger partial charge in [-0.3, -0.25) is 0 Å². The van der Waals surface area contributed by atoms with Crippen molar-refractivity contribution in [1.82, 2.24) is 19.5 Å². The lowest BCUT2D eigenvalue weighted by atomic mass is 10.1. The summed E-state index contributed by atoms with van der Waals surface area (Å²) in [6.07, 6.45) is 4.29. The standard InChI is InChI=1S/C23H21ClN4O2/c1-15-10-23(30-19-7-5-18(24)6-8-19)27-22(26-15)12-17-4-9-20(21(11-17)29-3)28-13-16(2)25-14-28/h4-11,13-14H,12H2,1-3H3. The molecule has 30 heavy (non-hydrogen) atoms. The van der Waals surface area contributed by atoms with Crippen molar-refractivity contribution in [3.8, 4) is 23.1 Å². The first-order valence-corrected chi connectivity index (χ1v) is 9.84. The molecule has 0 bridgehead atoms. The molecule has 2 heterocycles. The van der Waals surface area contributed by atoms with Crippen LogP contribution in [0.25, 0.3) is 5.69 Å². The molecule has 152 valence electrons. The number of benzene rings is 2. The minimum absolute atomic E-state index is 0.497.